The highest BCUT2D eigenvalue weighted by molar-refractivity contribution is 6.12. The van der Waals surface area contributed by atoms with Crippen molar-refractivity contribution in [3.8, 4) is 45.0 Å². The van der Waals surface area contributed by atoms with Gasteiger partial charge in [0.2, 0.25) is 45.6 Å². The van der Waals surface area contributed by atoms with Gasteiger partial charge < -0.3 is 17.7 Å². The Morgan fingerprint density at radius 2 is 0.596 bits per heavy atom. The number of nitrogens with zero attached hydrogens (tertiary/aromatic N) is 8. The standard InChI is InChI=1S/C27H33N2O.C26H31N2O.C25H27N2O.C24H25N2O/c1-16(2)12-20-14-24(29(7)15-21(20)13-17(3)4)25-18(5)8-10-22-23-11-9-19(6)28-27(23)30-26(22)25;1-16(2)12-19-14-23(28(6)15-20(19)13-17(3)4)24-18(5)9-10-21-22-8-7-11-27-26(22)29-25(21)24;1-15-9-11-19-20-12-10-17(3)26-25(20)28-24(19)23(15)22-13-21(16(2)14-27(22)4)18-7-5-6-8-18;1-15-10-11-18-19-9-6-12-25-24(19)27-23(18)22(15)21-13-20(16(2)14-26(21)3)17-7-4-5-8-17/h8-11,14-17H,12-13H2,1-7H3;7-11,14-17H,12-13H2,1-6H3;9-14,18H,5-8H2,1-4H3;6,9-14,17H,4-5,7-8H2,1-3H3/q4*+1. The molecule has 2 fully saturated rings. The third-order valence-electron chi connectivity index (χ3n) is 24.0. The topological polar surface area (TPSA) is 120 Å². The van der Waals surface area contributed by atoms with Crippen LogP contribution in [-0.2, 0) is 53.9 Å². The van der Waals surface area contributed by atoms with Gasteiger partial charge in [-0.05, 0) is 235 Å². The van der Waals surface area contributed by atoms with Crippen LogP contribution in [0.3, 0.4) is 0 Å². The van der Waals surface area contributed by atoms with Crippen molar-refractivity contribution in [3.63, 3.8) is 0 Å². The number of fused-ring (bicyclic) bond motifs is 12. The van der Waals surface area contributed by atoms with Crippen LogP contribution in [0.2, 0.25) is 0 Å². The monoisotopic (exact) mass is 1520 g/mol. The number of hydrogen-bond acceptors (Lipinski definition) is 8. The van der Waals surface area contributed by atoms with Gasteiger partial charge in [0.15, 0.2) is 47.1 Å². The molecule has 0 spiro atoms. The molecule has 114 heavy (non-hydrogen) atoms. The number of pyridine rings is 8. The first kappa shape index (κ1) is 78.6. The van der Waals surface area contributed by atoms with E-state index in [0.29, 0.717) is 46.9 Å². The average Bonchev–Trinajstić information content (AvgIpc) is 1.58. The second kappa shape index (κ2) is 32.6. The molecule has 0 saturated heterocycles. The minimum absolute atomic E-state index is 0.617. The lowest BCUT2D eigenvalue weighted by Crippen LogP contribution is -2.32. The van der Waals surface area contributed by atoms with Crippen LogP contribution < -0.4 is 18.3 Å². The van der Waals surface area contributed by atoms with Gasteiger partial charge in [0.25, 0.3) is 0 Å². The molecule has 12 nitrogen and oxygen atoms in total. The fourth-order valence-corrected chi connectivity index (χ4v) is 18.6. The summed E-state index contributed by atoms with van der Waals surface area (Å²) in [6, 6.07) is 43.6. The Hall–Kier alpha value is -10.7. The predicted octanol–water partition coefficient (Wildman–Crippen LogP) is 24.5. The average molecular weight is 1520 g/mol. The maximum absolute atomic E-state index is 6.35. The Morgan fingerprint density at radius 3 is 0.921 bits per heavy atom. The molecule has 2 aliphatic rings. The van der Waals surface area contributed by atoms with Crippen molar-refractivity contribution in [1.29, 1.82) is 0 Å². The van der Waals surface area contributed by atoms with Crippen molar-refractivity contribution in [2.24, 2.45) is 51.9 Å². The molecule has 16 aromatic rings. The van der Waals surface area contributed by atoms with Crippen molar-refractivity contribution in [3.05, 3.63) is 237 Å². The summed E-state index contributed by atoms with van der Waals surface area (Å²) < 4.78 is 34.2. The molecule has 0 unspecified atom stereocenters. The molecular formula is C102H116N8O4+4. The van der Waals surface area contributed by atoms with Crippen molar-refractivity contribution < 1.29 is 35.9 Å². The van der Waals surface area contributed by atoms with Crippen LogP contribution in [0.25, 0.3) is 133 Å². The van der Waals surface area contributed by atoms with E-state index in [-0.39, 0.29) is 0 Å². The van der Waals surface area contributed by atoms with E-state index < -0.39 is 0 Å². The zero-order valence-corrected chi connectivity index (χ0v) is 71.2. The van der Waals surface area contributed by atoms with Gasteiger partial charge >= 0.3 is 0 Å². The molecule has 2 aliphatic carbocycles. The second-order valence-corrected chi connectivity index (χ2v) is 35.1. The van der Waals surface area contributed by atoms with Gasteiger partial charge in [-0.3, -0.25) is 0 Å². The van der Waals surface area contributed by atoms with Crippen molar-refractivity contribution in [2.75, 3.05) is 0 Å². The zero-order chi connectivity index (χ0) is 80.2. The van der Waals surface area contributed by atoms with E-state index in [1.54, 1.807) is 12.4 Å². The molecule has 584 valence electrons. The number of hydrogen-bond donors (Lipinski definition) is 0. The molecule has 0 atom stereocenters. The Morgan fingerprint density at radius 1 is 0.316 bits per heavy atom. The molecular weight excluding hydrogens is 1400 g/mol. The van der Waals surface area contributed by atoms with Gasteiger partial charge in [0.1, 0.15) is 28.2 Å². The fraction of sp³-hybridized carbons (Fsp3) is 0.373. The van der Waals surface area contributed by atoms with E-state index in [0.717, 1.165) is 114 Å². The van der Waals surface area contributed by atoms with Gasteiger partial charge in [-0.2, -0.15) is 0 Å². The molecule has 12 heterocycles. The van der Waals surface area contributed by atoms with Crippen LogP contribution >= 0.6 is 0 Å². The summed E-state index contributed by atoms with van der Waals surface area (Å²) in [6.45, 7) is 35.5. The van der Waals surface area contributed by atoms with Crippen LogP contribution in [-0.4, -0.2) is 19.9 Å². The predicted molar refractivity (Wildman–Crippen MR) is 467 cm³/mol. The molecule has 12 heteroatoms. The van der Waals surface area contributed by atoms with E-state index in [9.17, 15) is 0 Å². The van der Waals surface area contributed by atoms with E-state index in [2.05, 4.69) is 297 Å². The summed E-state index contributed by atoms with van der Waals surface area (Å²) in [5.74, 6) is 3.90. The van der Waals surface area contributed by atoms with Crippen LogP contribution in [0, 0.1) is 79.1 Å². The Labute approximate surface area is 673 Å². The highest BCUT2D eigenvalue weighted by Gasteiger charge is 2.31. The van der Waals surface area contributed by atoms with E-state index in [1.807, 2.05) is 26.0 Å². The summed E-state index contributed by atoms with van der Waals surface area (Å²) in [4.78, 5) is 18.1. The zero-order valence-electron chi connectivity index (χ0n) is 71.2. The maximum Gasteiger partial charge on any atom is 0.227 e. The summed E-state index contributed by atoms with van der Waals surface area (Å²) in [7, 11) is 8.59. The maximum atomic E-state index is 6.35. The number of aryl methyl sites for hydroxylation is 12. The highest BCUT2D eigenvalue weighted by atomic mass is 16.4. The number of benzene rings is 4. The van der Waals surface area contributed by atoms with Crippen molar-refractivity contribution in [2.45, 2.75) is 200 Å². The minimum atomic E-state index is 0.617. The van der Waals surface area contributed by atoms with E-state index >= 15 is 0 Å². The first-order chi connectivity index (χ1) is 54.7. The smallest absolute Gasteiger partial charge is 0.227 e. The number of aromatic nitrogens is 8. The molecule has 2 saturated carbocycles. The van der Waals surface area contributed by atoms with Gasteiger partial charge in [-0.15, -0.1) is 0 Å². The fourth-order valence-electron chi connectivity index (χ4n) is 18.6. The third-order valence-corrected chi connectivity index (χ3v) is 24.0. The van der Waals surface area contributed by atoms with Gasteiger partial charge in [0.05, 0.1) is 22.3 Å². The lowest BCUT2D eigenvalue weighted by molar-refractivity contribution is -0.661. The lowest BCUT2D eigenvalue weighted by Gasteiger charge is -2.15. The summed E-state index contributed by atoms with van der Waals surface area (Å²) in [6.07, 6.45) is 27.8. The Balaban J connectivity index is 0.000000120. The third kappa shape index (κ3) is 15.6. The van der Waals surface area contributed by atoms with Crippen LogP contribution in [0.15, 0.2) is 176 Å². The normalized spacial score (nSPS) is 13.5. The van der Waals surface area contributed by atoms with Crippen LogP contribution in [0.1, 0.15) is 197 Å². The summed E-state index contributed by atoms with van der Waals surface area (Å²) in [5, 5.41) is 8.88. The lowest BCUT2D eigenvalue weighted by atomic mass is 9.91. The molecule has 0 radical (unpaired) electrons. The van der Waals surface area contributed by atoms with Crippen molar-refractivity contribution in [1.82, 2.24) is 19.9 Å². The van der Waals surface area contributed by atoms with E-state index in [1.165, 1.54) is 163 Å². The van der Waals surface area contributed by atoms with Gasteiger partial charge in [0, 0.05) is 113 Å². The minimum Gasteiger partial charge on any atom is -0.437 e. The van der Waals surface area contributed by atoms with Gasteiger partial charge in [-0.1, -0.05) is 130 Å². The quantitative estimate of drug-likeness (QED) is 0.0988. The highest BCUT2D eigenvalue weighted by Crippen LogP contribution is 2.45. The number of rotatable bonds is 14. The largest absolute Gasteiger partial charge is 0.437 e. The second-order valence-electron chi connectivity index (χ2n) is 35.1. The number of furan rings is 4. The Bertz CT molecular complexity index is 6320. The van der Waals surface area contributed by atoms with Crippen LogP contribution in [0.4, 0.5) is 0 Å². The summed E-state index contributed by atoms with van der Waals surface area (Å²) in [5.41, 5.74) is 34.7. The SMILES string of the molecule is Cc1c[n+](C)c(-c2c(C)ccc3c2oc2ncccc23)cc1C1CCCC1.Cc1ccc2c(n1)oc1c(-c3cc(C4CCCC4)c(C)c[n+]3C)c(C)ccc12.Cc1ccc2c(n1)oc1c(-c3cc(CC(C)C)c(CC(C)C)c[n+]3C)c(C)ccc12.Cc1ccc2c(oc3ncccc32)c1-c1cc(CC(C)C)c(CC(C)C)c[n+]1C. The first-order valence-electron chi connectivity index (χ1n) is 41.9. The molecule has 12 aromatic heterocycles. The molecule has 18 rings (SSSR count). The van der Waals surface area contributed by atoms with Crippen LogP contribution in [0.5, 0.6) is 0 Å². The van der Waals surface area contributed by atoms with E-state index in [4.69, 9.17) is 17.7 Å². The molecule has 0 amide bonds. The summed E-state index contributed by atoms with van der Waals surface area (Å²) >= 11 is 0. The molecule has 0 aliphatic heterocycles. The molecule has 0 N–H and O–H groups in total. The molecule has 0 bridgehead atoms. The molecule has 4 aromatic carbocycles. The first-order valence-corrected chi connectivity index (χ1v) is 41.9. The van der Waals surface area contributed by atoms with Crippen molar-refractivity contribution >= 4 is 88.3 Å². The Kier molecular flexibility index (Phi) is 22.5. The van der Waals surface area contributed by atoms with Gasteiger partial charge in [-0.25, -0.2) is 38.2 Å².